The van der Waals surface area contributed by atoms with E-state index in [2.05, 4.69) is 73.7 Å². The van der Waals surface area contributed by atoms with Crippen LogP contribution in [0.2, 0.25) is 0 Å². The molecule has 0 fully saturated rings. The average Bonchev–Trinajstić information content (AvgIpc) is 3.36. The summed E-state index contributed by atoms with van der Waals surface area (Å²) in [6, 6.07) is 10.6. The maximum absolute atomic E-state index is 4.31. The van der Waals surface area contributed by atoms with Crippen LogP contribution in [-0.2, 0) is 13.1 Å². The Morgan fingerprint density at radius 2 is 2.11 bits per heavy atom. The summed E-state index contributed by atoms with van der Waals surface area (Å²) in [6.45, 7) is 4.51. The zero-order valence-corrected chi connectivity index (χ0v) is 18.6. The van der Waals surface area contributed by atoms with Gasteiger partial charge in [0.2, 0.25) is 0 Å². The van der Waals surface area contributed by atoms with Crippen molar-refractivity contribution in [2.75, 3.05) is 13.6 Å². The molecule has 1 atom stereocenters. The van der Waals surface area contributed by atoms with Crippen LogP contribution >= 0.6 is 35.3 Å². The summed E-state index contributed by atoms with van der Waals surface area (Å²) in [5.74, 6) is 1.26. The summed E-state index contributed by atoms with van der Waals surface area (Å²) in [5, 5.41) is 15.2. The predicted octanol–water partition coefficient (Wildman–Crippen LogP) is 3.47. The first kappa shape index (κ1) is 21.4. The smallest absolute Gasteiger partial charge is 0.191 e. The molecule has 0 radical (unpaired) electrons. The maximum atomic E-state index is 4.31. The fourth-order valence-corrected chi connectivity index (χ4v) is 3.45. The fourth-order valence-electron chi connectivity index (χ4n) is 2.67. The molecule has 27 heavy (non-hydrogen) atoms. The number of nitrogens with one attached hydrogen (secondary N) is 2. The first-order valence-corrected chi connectivity index (χ1v) is 9.55. The van der Waals surface area contributed by atoms with E-state index in [-0.39, 0.29) is 24.0 Å². The minimum absolute atomic E-state index is 0. The Hall–Kier alpha value is -1.94. The molecular formula is C19H25IN6S. The van der Waals surface area contributed by atoms with E-state index in [1.165, 1.54) is 16.7 Å². The van der Waals surface area contributed by atoms with Gasteiger partial charge in [-0.1, -0.05) is 31.2 Å². The van der Waals surface area contributed by atoms with Crippen LogP contribution in [0.4, 0.5) is 0 Å². The predicted molar refractivity (Wildman–Crippen MR) is 122 cm³/mol. The molecule has 1 aromatic carbocycles. The van der Waals surface area contributed by atoms with Crippen molar-refractivity contribution in [3.8, 4) is 0 Å². The second-order valence-corrected chi connectivity index (χ2v) is 6.96. The van der Waals surface area contributed by atoms with Crippen molar-refractivity contribution < 1.29 is 0 Å². The molecule has 3 rings (SSSR count). The third-order valence-electron chi connectivity index (χ3n) is 4.17. The Labute approximate surface area is 181 Å². The monoisotopic (exact) mass is 496 g/mol. The number of aliphatic imine (C=N–C) groups is 1. The minimum atomic E-state index is 0. The molecule has 0 amide bonds. The Morgan fingerprint density at radius 3 is 2.81 bits per heavy atom. The molecule has 0 saturated heterocycles. The standard InChI is InChI=1S/C19H24N6S.HI/c1-15(18-6-7-26-12-18)9-22-19(20-2)23-10-16-4-3-5-17(8-16)11-25-14-21-13-24-25;/h3-8,12-15H,9-11H2,1-2H3,(H2,20,22,23);1H. The van der Waals surface area contributed by atoms with Crippen LogP contribution in [0.5, 0.6) is 0 Å². The molecule has 0 spiro atoms. The summed E-state index contributed by atoms with van der Waals surface area (Å²) in [6.07, 6.45) is 3.28. The van der Waals surface area contributed by atoms with Gasteiger partial charge in [-0.05, 0) is 39.4 Å². The van der Waals surface area contributed by atoms with Crippen LogP contribution in [0.25, 0.3) is 0 Å². The Balaban J connectivity index is 0.00000261. The van der Waals surface area contributed by atoms with Gasteiger partial charge < -0.3 is 10.6 Å². The van der Waals surface area contributed by atoms with Gasteiger partial charge in [0.15, 0.2) is 5.96 Å². The molecular weight excluding hydrogens is 471 g/mol. The van der Waals surface area contributed by atoms with Gasteiger partial charge in [0.25, 0.3) is 0 Å². The molecule has 0 saturated carbocycles. The molecule has 0 aliphatic heterocycles. The van der Waals surface area contributed by atoms with E-state index in [0.717, 1.165) is 25.6 Å². The second-order valence-electron chi connectivity index (χ2n) is 6.18. The van der Waals surface area contributed by atoms with E-state index in [0.29, 0.717) is 5.92 Å². The molecule has 3 aromatic rings. The Morgan fingerprint density at radius 1 is 1.26 bits per heavy atom. The molecule has 2 aromatic heterocycles. The number of rotatable bonds is 7. The highest BCUT2D eigenvalue weighted by Crippen LogP contribution is 2.17. The quantitative estimate of drug-likeness (QED) is 0.299. The number of hydrogen-bond acceptors (Lipinski definition) is 4. The van der Waals surface area contributed by atoms with Crippen LogP contribution in [0.3, 0.4) is 0 Å². The largest absolute Gasteiger partial charge is 0.356 e. The second kappa shape index (κ2) is 11.0. The molecule has 0 bridgehead atoms. The van der Waals surface area contributed by atoms with Crippen molar-refractivity contribution in [3.63, 3.8) is 0 Å². The highest BCUT2D eigenvalue weighted by atomic mass is 127. The van der Waals surface area contributed by atoms with E-state index in [1.54, 1.807) is 31.0 Å². The lowest BCUT2D eigenvalue weighted by atomic mass is 10.1. The molecule has 144 valence electrons. The first-order chi connectivity index (χ1) is 12.7. The van der Waals surface area contributed by atoms with E-state index in [4.69, 9.17) is 0 Å². The van der Waals surface area contributed by atoms with Crippen LogP contribution in [0.15, 0.2) is 58.7 Å². The zero-order valence-electron chi connectivity index (χ0n) is 15.5. The summed E-state index contributed by atoms with van der Waals surface area (Å²) < 4.78 is 1.82. The van der Waals surface area contributed by atoms with Gasteiger partial charge >= 0.3 is 0 Å². The van der Waals surface area contributed by atoms with Crippen molar-refractivity contribution in [2.45, 2.75) is 25.9 Å². The molecule has 2 heterocycles. The van der Waals surface area contributed by atoms with E-state index >= 15 is 0 Å². The zero-order chi connectivity index (χ0) is 18.2. The van der Waals surface area contributed by atoms with Gasteiger partial charge in [-0.25, -0.2) is 9.67 Å². The van der Waals surface area contributed by atoms with Crippen molar-refractivity contribution in [3.05, 3.63) is 70.4 Å². The normalized spacial score (nSPS) is 12.3. The number of hydrogen-bond donors (Lipinski definition) is 2. The van der Waals surface area contributed by atoms with Crippen LogP contribution in [-0.4, -0.2) is 34.3 Å². The summed E-state index contributed by atoms with van der Waals surface area (Å²) in [5.41, 5.74) is 3.76. The van der Waals surface area contributed by atoms with Gasteiger partial charge in [0.1, 0.15) is 12.7 Å². The topological polar surface area (TPSA) is 67.1 Å². The van der Waals surface area contributed by atoms with Crippen molar-refractivity contribution in [2.24, 2.45) is 4.99 Å². The summed E-state index contributed by atoms with van der Waals surface area (Å²) >= 11 is 1.73. The molecule has 6 nitrogen and oxygen atoms in total. The van der Waals surface area contributed by atoms with E-state index in [9.17, 15) is 0 Å². The van der Waals surface area contributed by atoms with Crippen molar-refractivity contribution in [1.29, 1.82) is 0 Å². The van der Waals surface area contributed by atoms with Gasteiger partial charge in [-0.15, -0.1) is 24.0 Å². The van der Waals surface area contributed by atoms with Gasteiger partial charge in [0, 0.05) is 20.1 Å². The number of thiophene rings is 1. The highest BCUT2D eigenvalue weighted by molar-refractivity contribution is 14.0. The first-order valence-electron chi connectivity index (χ1n) is 8.61. The van der Waals surface area contributed by atoms with Gasteiger partial charge in [0.05, 0.1) is 6.54 Å². The Kier molecular flexibility index (Phi) is 8.73. The highest BCUT2D eigenvalue weighted by Gasteiger charge is 2.07. The van der Waals surface area contributed by atoms with Gasteiger partial charge in [-0.2, -0.15) is 16.4 Å². The van der Waals surface area contributed by atoms with Crippen LogP contribution < -0.4 is 10.6 Å². The average molecular weight is 496 g/mol. The molecule has 0 aliphatic carbocycles. The Bertz CT molecular complexity index is 817. The summed E-state index contributed by atoms with van der Waals surface area (Å²) in [7, 11) is 1.80. The number of benzene rings is 1. The molecule has 1 unspecified atom stereocenters. The fraction of sp³-hybridized carbons (Fsp3) is 0.316. The molecule has 0 aliphatic rings. The van der Waals surface area contributed by atoms with E-state index in [1.807, 2.05) is 4.68 Å². The number of halogens is 1. The number of aromatic nitrogens is 3. The lowest BCUT2D eigenvalue weighted by Gasteiger charge is -2.15. The lowest BCUT2D eigenvalue weighted by Crippen LogP contribution is -2.38. The lowest BCUT2D eigenvalue weighted by molar-refractivity contribution is 0.683. The molecule has 8 heteroatoms. The third-order valence-corrected chi connectivity index (χ3v) is 4.88. The minimum Gasteiger partial charge on any atom is -0.356 e. The molecule has 2 N–H and O–H groups in total. The SMILES string of the molecule is CN=C(NCc1cccc(Cn2cncn2)c1)NCC(C)c1ccsc1.I. The van der Waals surface area contributed by atoms with Crippen molar-refractivity contribution in [1.82, 2.24) is 25.4 Å². The number of guanidine groups is 1. The maximum Gasteiger partial charge on any atom is 0.191 e. The third kappa shape index (κ3) is 6.62. The van der Waals surface area contributed by atoms with E-state index < -0.39 is 0 Å². The summed E-state index contributed by atoms with van der Waals surface area (Å²) in [4.78, 5) is 8.29. The van der Waals surface area contributed by atoms with Crippen LogP contribution in [0, 0.1) is 0 Å². The van der Waals surface area contributed by atoms with Gasteiger partial charge in [-0.3, -0.25) is 4.99 Å². The van der Waals surface area contributed by atoms with Crippen molar-refractivity contribution >= 4 is 41.3 Å². The number of nitrogens with zero attached hydrogens (tertiary/aromatic N) is 4. The van der Waals surface area contributed by atoms with Crippen LogP contribution in [0.1, 0.15) is 29.5 Å².